The second-order valence-corrected chi connectivity index (χ2v) is 7.75. The average Bonchev–Trinajstić information content (AvgIpc) is 3.22. The first-order valence-electron chi connectivity index (χ1n) is 9.37. The summed E-state index contributed by atoms with van der Waals surface area (Å²) < 4.78 is 2.23. The third-order valence-electron chi connectivity index (χ3n) is 5.46. The van der Waals surface area contributed by atoms with Gasteiger partial charge in [0.2, 0.25) is 0 Å². The van der Waals surface area contributed by atoms with Crippen LogP contribution >= 0.6 is 12.2 Å². The van der Waals surface area contributed by atoms with Crippen LogP contribution in [0.15, 0.2) is 60.8 Å². The molecule has 1 fully saturated rings. The SMILES string of the molecule is Cc1ccc([C@@H]2[C@@H](c3ccccn3)NC(=S)N2c2ccc(N(C)C)cc2)n1C. The molecule has 1 aliphatic rings. The molecule has 0 spiro atoms. The van der Waals surface area contributed by atoms with E-state index >= 15 is 0 Å². The molecule has 1 saturated heterocycles. The molecule has 144 valence electrons. The summed E-state index contributed by atoms with van der Waals surface area (Å²) in [6.45, 7) is 2.12. The maximum Gasteiger partial charge on any atom is 0.174 e. The molecule has 1 N–H and O–H groups in total. The molecule has 0 bridgehead atoms. The molecule has 3 aromatic rings. The summed E-state index contributed by atoms with van der Waals surface area (Å²) >= 11 is 5.78. The van der Waals surface area contributed by atoms with Crippen LogP contribution in [0.2, 0.25) is 0 Å². The van der Waals surface area contributed by atoms with Gasteiger partial charge in [0.25, 0.3) is 0 Å². The topological polar surface area (TPSA) is 36.3 Å². The second-order valence-electron chi connectivity index (χ2n) is 7.37. The van der Waals surface area contributed by atoms with Crippen molar-refractivity contribution in [3.05, 3.63) is 77.9 Å². The molecule has 28 heavy (non-hydrogen) atoms. The maximum absolute atomic E-state index is 5.78. The number of thiocarbonyl (C=S) groups is 1. The van der Waals surface area contributed by atoms with Gasteiger partial charge in [-0.1, -0.05) is 6.07 Å². The Balaban J connectivity index is 1.81. The molecule has 0 saturated carbocycles. The normalized spacial score (nSPS) is 19.0. The Labute approximate surface area is 171 Å². The fourth-order valence-electron chi connectivity index (χ4n) is 3.78. The smallest absolute Gasteiger partial charge is 0.174 e. The molecule has 4 rings (SSSR count). The number of aryl methyl sites for hydroxylation is 1. The van der Waals surface area contributed by atoms with E-state index in [1.165, 1.54) is 11.4 Å². The Morgan fingerprint density at radius 1 is 1.04 bits per heavy atom. The highest BCUT2D eigenvalue weighted by molar-refractivity contribution is 7.80. The minimum atomic E-state index is -0.0183. The Morgan fingerprint density at radius 2 is 1.79 bits per heavy atom. The highest BCUT2D eigenvalue weighted by atomic mass is 32.1. The van der Waals surface area contributed by atoms with Gasteiger partial charge in [0, 0.05) is 50.1 Å². The first-order chi connectivity index (χ1) is 13.5. The lowest BCUT2D eigenvalue weighted by Crippen LogP contribution is -2.30. The summed E-state index contributed by atoms with van der Waals surface area (Å²) in [7, 11) is 6.20. The summed E-state index contributed by atoms with van der Waals surface area (Å²) in [6, 6.07) is 18.9. The third kappa shape index (κ3) is 3.14. The number of aromatic nitrogens is 2. The molecular weight excluding hydrogens is 366 g/mol. The van der Waals surface area contributed by atoms with Gasteiger partial charge in [-0.25, -0.2) is 0 Å². The van der Waals surface area contributed by atoms with Crippen LogP contribution in [0, 0.1) is 6.92 Å². The van der Waals surface area contributed by atoms with E-state index in [1.807, 2.05) is 32.4 Å². The van der Waals surface area contributed by atoms with E-state index in [4.69, 9.17) is 12.2 Å². The Morgan fingerprint density at radius 3 is 2.36 bits per heavy atom. The van der Waals surface area contributed by atoms with Crippen molar-refractivity contribution in [3.63, 3.8) is 0 Å². The molecule has 0 radical (unpaired) electrons. The maximum atomic E-state index is 5.78. The lowest BCUT2D eigenvalue weighted by atomic mass is 10.0. The molecule has 2 aromatic heterocycles. The van der Waals surface area contributed by atoms with Gasteiger partial charge in [0.15, 0.2) is 5.11 Å². The molecule has 2 atom stereocenters. The number of nitrogens with zero attached hydrogens (tertiary/aromatic N) is 4. The van der Waals surface area contributed by atoms with E-state index in [-0.39, 0.29) is 12.1 Å². The van der Waals surface area contributed by atoms with Crippen LogP contribution in [0.1, 0.15) is 29.2 Å². The van der Waals surface area contributed by atoms with Gasteiger partial charge < -0.3 is 19.7 Å². The van der Waals surface area contributed by atoms with Crippen LogP contribution < -0.4 is 15.1 Å². The summed E-state index contributed by atoms with van der Waals surface area (Å²) in [6.07, 6.45) is 1.84. The Kier molecular flexibility index (Phi) is 4.81. The largest absolute Gasteiger partial charge is 0.378 e. The molecule has 0 aliphatic carbocycles. The first kappa shape index (κ1) is 18.5. The van der Waals surface area contributed by atoms with Crippen molar-refractivity contribution in [2.75, 3.05) is 23.9 Å². The molecule has 1 aliphatic heterocycles. The molecular formula is C22H25N5S. The van der Waals surface area contributed by atoms with Crippen molar-refractivity contribution < 1.29 is 0 Å². The van der Waals surface area contributed by atoms with E-state index in [0.717, 1.165) is 22.2 Å². The number of rotatable bonds is 4. The van der Waals surface area contributed by atoms with Gasteiger partial charge in [-0.15, -0.1) is 0 Å². The fraction of sp³-hybridized carbons (Fsp3) is 0.273. The molecule has 0 unspecified atom stereocenters. The zero-order chi connectivity index (χ0) is 19.8. The minimum absolute atomic E-state index is 0.0183. The highest BCUT2D eigenvalue weighted by Crippen LogP contribution is 2.42. The quantitative estimate of drug-likeness (QED) is 0.681. The first-order valence-corrected chi connectivity index (χ1v) is 9.78. The van der Waals surface area contributed by atoms with Crippen LogP contribution in [-0.2, 0) is 7.05 Å². The molecule has 1 aromatic carbocycles. The van der Waals surface area contributed by atoms with E-state index < -0.39 is 0 Å². The summed E-state index contributed by atoms with van der Waals surface area (Å²) in [5.41, 5.74) is 5.65. The van der Waals surface area contributed by atoms with E-state index in [1.54, 1.807) is 0 Å². The van der Waals surface area contributed by atoms with Crippen molar-refractivity contribution in [3.8, 4) is 0 Å². The monoisotopic (exact) mass is 391 g/mol. The van der Waals surface area contributed by atoms with Gasteiger partial charge in [-0.3, -0.25) is 4.98 Å². The third-order valence-corrected chi connectivity index (χ3v) is 5.77. The number of pyridine rings is 1. The van der Waals surface area contributed by atoms with Crippen molar-refractivity contribution in [2.24, 2.45) is 7.05 Å². The molecule has 0 amide bonds. The predicted octanol–water partition coefficient (Wildman–Crippen LogP) is 3.97. The van der Waals surface area contributed by atoms with Crippen LogP contribution in [0.25, 0.3) is 0 Å². The number of hydrogen-bond acceptors (Lipinski definition) is 3. The number of hydrogen-bond donors (Lipinski definition) is 1. The number of nitrogens with one attached hydrogen (secondary N) is 1. The molecule has 3 heterocycles. The predicted molar refractivity (Wildman–Crippen MR) is 119 cm³/mol. The van der Waals surface area contributed by atoms with Crippen LogP contribution in [0.4, 0.5) is 11.4 Å². The van der Waals surface area contributed by atoms with Gasteiger partial charge in [0.1, 0.15) is 6.04 Å². The second kappa shape index (κ2) is 7.28. The van der Waals surface area contributed by atoms with Gasteiger partial charge in [-0.05, 0) is 67.7 Å². The summed E-state index contributed by atoms with van der Waals surface area (Å²) in [4.78, 5) is 8.92. The van der Waals surface area contributed by atoms with Crippen molar-refractivity contribution in [1.82, 2.24) is 14.9 Å². The van der Waals surface area contributed by atoms with E-state index in [2.05, 4.69) is 81.1 Å². The van der Waals surface area contributed by atoms with Crippen LogP contribution in [0.3, 0.4) is 0 Å². The summed E-state index contributed by atoms with van der Waals surface area (Å²) in [5, 5.41) is 4.23. The Hall–Kier alpha value is -2.86. The van der Waals surface area contributed by atoms with Crippen LogP contribution in [-0.4, -0.2) is 28.8 Å². The lowest BCUT2D eigenvalue weighted by molar-refractivity contribution is 0.539. The molecule has 6 heteroatoms. The van der Waals surface area contributed by atoms with Crippen molar-refractivity contribution in [1.29, 1.82) is 0 Å². The highest BCUT2D eigenvalue weighted by Gasteiger charge is 2.41. The van der Waals surface area contributed by atoms with Gasteiger partial charge >= 0.3 is 0 Å². The van der Waals surface area contributed by atoms with Gasteiger partial charge in [-0.2, -0.15) is 0 Å². The zero-order valence-electron chi connectivity index (χ0n) is 16.6. The number of benzene rings is 1. The van der Waals surface area contributed by atoms with Crippen molar-refractivity contribution >= 4 is 28.7 Å². The Bertz CT molecular complexity index is 978. The summed E-state index contributed by atoms with van der Waals surface area (Å²) in [5.74, 6) is 0. The minimum Gasteiger partial charge on any atom is -0.378 e. The molecule has 5 nitrogen and oxygen atoms in total. The zero-order valence-corrected chi connectivity index (χ0v) is 17.4. The van der Waals surface area contributed by atoms with Gasteiger partial charge in [0.05, 0.1) is 11.7 Å². The fourth-order valence-corrected chi connectivity index (χ4v) is 4.12. The van der Waals surface area contributed by atoms with E-state index in [9.17, 15) is 0 Å². The standard InChI is InChI=1S/C22H25N5S/c1-15-8-13-19(26(15)4)21-20(18-7-5-6-14-23-18)24-22(28)27(21)17-11-9-16(10-12-17)25(2)3/h5-14,20-21H,1-4H3,(H,24,28)/t20-,21-/m1/s1. The van der Waals surface area contributed by atoms with Crippen molar-refractivity contribution in [2.45, 2.75) is 19.0 Å². The lowest BCUT2D eigenvalue weighted by Gasteiger charge is -2.29. The number of anilines is 2. The van der Waals surface area contributed by atoms with E-state index in [0.29, 0.717) is 0 Å². The van der Waals surface area contributed by atoms with Crippen LogP contribution in [0.5, 0.6) is 0 Å². The average molecular weight is 392 g/mol.